The zero-order valence-electron chi connectivity index (χ0n) is 17.6. The lowest BCUT2D eigenvalue weighted by molar-refractivity contribution is -0.173. The summed E-state index contributed by atoms with van der Waals surface area (Å²) in [5.41, 5.74) is -1.92. The zero-order valence-corrected chi connectivity index (χ0v) is 17.6. The van der Waals surface area contributed by atoms with E-state index in [9.17, 15) is 36.6 Å². The van der Waals surface area contributed by atoms with Crippen molar-refractivity contribution >= 4 is 5.91 Å². The Bertz CT molecular complexity index is 1260. The van der Waals surface area contributed by atoms with Gasteiger partial charge in [-0.1, -0.05) is 36.4 Å². The van der Waals surface area contributed by atoms with E-state index < -0.39 is 59.3 Å². The van der Waals surface area contributed by atoms with Crippen molar-refractivity contribution < 1.29 is 31.9 Å². The van der Waals surface area contributed by atoms with Crippen LogP contribution in [-0.4, -0.2) is 39.5 Å². The van der Waals surface area contributed by atoms with Crippen molar-refractivity contribution in [2.75, 3.05) is 11.7 Å². The monoisotopic (exact) mass is 479 g/mol. The van der Waals surface area contributed by atoms with Gasteiger partial charge in [-0.15, -0.1) is 0 Å². The normalized spacial score (nSPS) is 15.0. The van der Waals surface area contributed by atoms with E-state index >= 15 is 0 Å². The van der Waals surface area contributed by atoms with E-state index in [1.165, 1.54) is 36.4 Å². The third kappa shape index (κ3) is 3.87. The van der Waals surface area contributed by atoms with Crippen LogP contribution in [0.25, 0.3) is 0 Å². The smallest absolute Gasteiger partial charge is 0.408 e. The first-order valence-electron chi connectivity index (χ1n) is 10.1. The van der Waals surface area contributed by atoms with Crippen LogP contribution in [-0.2, 0) is 0 Å². The van der Waals surface area contributed by atoms with Crippen molar-refractivity contribution in [3.63, 3.8) is 0 Å². The van der Waals surface area contributed by atoms with Gasteiger partial charge in [-0.25, -0.2) is 8.78 Å². The number of hydrogen-bond donors (Lipinski definition) is 1. The second-order valence-corrected chi connectivity index (χ2v) is 7.74. The molecule has 2 aromatic carbocycles. The molecule has 1 aromatic heterocycles. The topological polar surface area (TPSA) is 65.8 Å². The van der Waals surface area contributed by atoms with Gasteiger partial charge in [0.2, 0.25) is 5.43 Å². The molecule has 0 spiro atoms. The zero-order chi connectivity index (χ0) is 24.8. The van der Waals surface area contributed by atoms with Crippen LogP contribution in [0.4, 0.5) is 22.0 Å². The molecule has 1 amide bonds. The number of carbonyl (C=O) groups is 1. The van der Waals surface area contributed by atoms with Crippen LogP contribution in [0.5, 0.6) is 5.75 Å². The van der Waals surface area contributed by atoms with Crippen LogP contribution in [0.1, 0.15) is 34.6 Å². The van der Waals surface area contributed by atoms with Crippen LogP contribution in [0.15, 0.2) is 65.6 Å². The molecule has 1 aliphatic heterocycles. The Morgan fingerprint density at radius 1 is 0.912 bits per heavy atom. The average Bonchev–Trinajstić information content (AvgIpc) is 2.78. The Morgan fingerprint density at radius 3 is 1.94 bits per heavy atom. The lowest BCUT2D eigenvalue weighted by Gasteiger charge is -2.45. The molecule has 0 saturated carbocycles. The number of nitrogens with zero attached hydrogens (tertiary/aromatic N) is 3. The Kier molecular flexibility index (Phi) is 5.80. The van der Waals surface area contributed by atoms with Crippen LogP contribution >= 0.6 is 0 Å². The molecule has 0 bridgehead atoms. The first-order valence-corrected chi connectivity index (χ1v) is 10.1. The summed E-state index contributed by atoms with van der Waals surface area (Å²) in [4.78, 5) is 25.4. The highest BCUT2D eigenvalue weighted by molar-refractivity contribution is 5.96. The number of benzene rings is 2. The molecule has 0 aliphatic carbocycles. The second kappa shape index (κ2) is 8.47. The highest BCUT2D eigenvalue weighted by atomic mass is 19.4. The van der Waals surface area contributed by atoms with Gasteiger partial charge < -0.3 is 10.0 Å². The Morgan fingerprint density at radius 2 is 1.44 bits per heavy atom. The number of pyridine rings is 1. The molecule has 1 N–H and O–H groups in total. The minimum Gasteiger partial charge on any atom is -0.502 e. The lowest BCUT2D eigenvalue weighted by atomic mass is 9.96. The summed E-state index contributed by atoms with van der Waals surface area (Å²) in [7, 11) is 0. The first kappa shape index (κ1) is 23.3. The molecule has 11 heteroatoms. The van der Waals surface area contributed by atoms with E-state index in [4.69, 9.17) is 0 Å². The summed E-state index contributed by atoms with van der Waals surface area (Å²) >= 11 is 0. The highest BCUT2D eigenvalue weighted by Crippen LogP contribution is 2.36. The van der Waals surface area contributed by atoms with Crippen LogP contribution < -0.4 is 10.4 Å². The number of rotatable bonds is 4. The van der Waals surface area contributed by atoms with E-state index in [1.54, 1.807) is 0 Å². The number of halogens is 5. The molecule has 4 rings (SSSR count). The molecule has 178 valence electrons. The molecule has 0 fully saturated rings. The molecule has 0 unspecified atom stereocenters. The summed E-state index contributed by atoms with van der Waals surface area (Å²) in [5, 5.41) is 11.4. The van der Waals surface area contributed by atoms with Gasteiger partial charge in [0, 0.05) is 23.4 Å². The number of aromatic hydroxyl groups is 1. The fourth-order valence-electron chi connectivity index (χ4n) is 3.92. The number of carbonyl (C=O) groups excluding carboxylic acids is 1. The second-order valence-electron chi connectivity index (χ2n) is 7.74. The summed E-state index contributed by atoms with van der Waals surface area (Å²) in [5.74, 6) is -3.86. The van der Waals surface area contributed by atoms with Gasteiger partial charge in [0.05, 0.1) is 0 Å². The lowest BCUT2D eigenvalue weighted by Crippen LogP contribution is -2.60. The largest absolute Gasteiger partial charge is 0.502 e. The summed E-state index contributed by atoms with van der Waals surface area (Å²) in [6.07, 6.45) is -3.78. The fourth-order valence-corrected chi connectivity index (χ4v) is 3.92. The average molecular weight is 479 g/mol. The molecule has 34 heavy (non-hydrogen) atoms. The molecular formula is C23H18F5N3O3. The quantitative estimate of drug-likeness (QED) is 0.577. The number of aromatic nitrogens is 1. The van der Waals surface area contributed by atoms with Gasteiger partial charge >= 0.3 is 6.18 Å². The van der Waals surface area contributed by atoms with Crippen molar-refractivity contribution in [2.24, 2.45) is 0 Å². The maximum atomic E-state index is 14.9. The van der Waals surface area contributed by atoms with Gasteiger partial charge in [0.1, 0.15) is 30.4 Å². The molecular weight excluding hydrogens is 461 g/mol. The van der Waals surface area contributed by atoms with Gasteiger partial charge in [-0.05, 0) is 19.1 Å². The predicted molar refractivity (Wildman–Crippen MR) is 112 cm³/mol. The van der Waals surface area contributed by atoms with E-state index in [0.29, 0.717) is 4.90 Å². The fraction of sp³-hybridized carbons (Fsp3) is 0.217. The maximum absolute atomic E-state index is 14.9. The van der Waals surface area contributed by atoms with Gasteiger partial charge in [-0.3, -0.25) is 19.3 Å². The molecule has 1 atom stereocenters. The summed E-state index contributed by atoms with van der Waals surface area (Å²) in [6, 6.07) is 7.84. The molecule has 3 aromatic rings. The highest BCUT2D eigenvalue weighted by Gasteiger charge is 2.47. The van der Waals surface area contributed by atoms with Crippen LogP contribution in [0.3, 0.4) is 0 Å². The van der Waals surface area contributed by atoms with Crippen molar-refractivity contribution in [3.8, 4) is 5.75 Å². The van der Waals surface area contributed by atoms with Crippen molar-refractivity contribution in [3.05, 3.63) is 99.5 Å². The SMILES string of the molecule is C[C@@H](N1CN(C(c2ccccc2F)c2ccccc2F)n2ccc(=O)c(O)c2C1=O)C(F)(F)F. The molecule has 2 heterocycles. The van der Waals surface area contributed by atoms with Crippen molar-refractivity contribution in [1.82, 2.24) is 9.58 Å². The van der Waals surface area contributed by atoms with E-state index in [2.05, 4.69) is 0 Å². The Labute approximate surface area is 190 Å². The number of alkyl halides is 3. The van der Waals surface area contributed by atoms with Crippen molar-refractivity contribution in [2.45, 2.75) is 25.2 Å². The van der Waals surface area contributed by atoms with Crippen molar-refractivity contribution in [1.29, 1.82) is 0 Å². The van der Waals surface area contributed by atoms with E-state index in [-0.39, 0.29) is 11.1 Å². The van der Waals surface area contributed by atoms with Gasteiger partial charge in [-0.2, -0.15) is 13.2 Å². The minimum atomic E-state index is -4.85. The minimum absolute atomic E-state index is 0.0919. The summed E-state index contributed by atoms with van der Waals surface area (Å²) in [6.45, 7) is -0.00675. The van der Waals surface area contributed by atoms with E-state index in [0.717, 1.165) is 41.0 Å². The van der Waals surface area contributed by atoms with Crippen LogP contribution in [0.2, 0.25) is 0 Å². The predicted octanol–water partition coefficient (Wildman–Crippen LogP) is 3.92. The third-order valence-corrected chi connectivity index (χ3v) is 5.73. The molecule has 6 nitrogen and oxygen atoms in total. The number of hydrogen-bond acceptors (Lipinski definition) is 4. The standard InChI is InChI=1S/C23H18F5N3O3/c1-13(23(26,27)28)29-12-31(30-11-10-18(32)21(33)20(30)22(29)34)19(14-6-2-4-8-16(14)24)15-7-3-5-9-17(15)25/h2-11,13,19,33H,12H2,1H3/t13-/m1/s1. The first-order chi connectivity index (χ1) is 16.0. The van der Waals surface area contributed by atoms with Gasteiger partial charge in [0.25, 0.3) is 5.91 Å². The van der Waals surface area contributed by atoms with Gasteiger partial charge in [0.15, 0.2) is 11.4 Å². The maximum Gasteiger partial charge on any atom is 0.408 e. The Balaban J connectivity index is 2.01. The number of amides is 1. The van der Waals surface area contributed by atoms with Crippen LogP contribution in [0, 0.1) is 11.6 Å². The number of fused-ring (bicyclic) bond motifs is 1. The summed E-state index contributed by atoms with van der Waals surface area (Å²) < 4.78 is 71.6. The third-order valence-electron chi connectivity index (χ3n) is 5.73. The molecule has 1 aliphatic rings. The van der Waals surface area contributed by atoms with E-state index in [1.807, 2.05) is 0 Å². The molecule has 0 saturated heterocycles. The Hall–Kier alpha value is -3.89. The molecule has 0 radical (unpaired) electrons.